The standard InChI is InChI=1S/C16H24N4O/c1-10(2)13-7-14(17)12(5)6-15(13)21-8-16-18-9-19-20(16)11(3)4/h6-7,9-11H,8,17H2,1-5H3. The zero-order valence-electron chi connectivity index (χ0n) is 13.4. The summed E-state index contributed by atoms with van der Waals surface area (Å²) >= 11 is 0. The number of nitrogens with two attached hydrogens (primary N) is 1. The van der Waals surface area contributed by atoms with Gasteiger partial charge in [-0.25, -0.2) is 9.67 Å². The molecule has 0 saturated carbocycles. The lowest BCUT2D eigenvalue weighted by atomic mass is 9.99. The summed E-state index contributed by atoms with van der Waals surface area (Å²) in [4.78, 5) is 4.27. The van der Waals surface area contributed by atoms with Gasteiger partial charge in [0.2, 0.25) is 0 Å². The van der Waals surface area contributed by atoms with Crippen LogP contribution >= 0.6 is 0 Å². The molecule has 0 unspecified atom stereocenters. The zero-order chi connectivity index (χ0) is 15.6. The van der Waals surface area contributed by atoms with Gasteiger partial charge in [-0.05, 0) is 49.9 Å². The summed E-state index contributed by atoms with van der Waals surface area (Å²) in [5.74, 6) is 2.05. The number of hydrogen-bond acceptors (Lipinski definition) is 4. The third-order valence-corrected chi connectivity index (χ3v) is 3.51. The van der Waals surface area contributed by atoms with E-state index < -0.39 is 0 Å². The molecule has 0 saturated heterocycles. The van der Waals surface area contributed by atoms with E-state index in [0.717, 1.165) is 28.4 Å². The summed E-state index contributed by atoms with van der Waals surface area (Å²) in [5, 5.41) is 4.22. The molecule has 5 nitrogen and oxygen atoms in total. The lowest BCUT2D eigenvalue weighted by Crippen LogP contribution is -2.11. The summed E-state index contributed by atoms with van der Waals surface area (Å²) in [5.41, 5.74) is 8.95. The van der Waals surface area contributed by atoms with E-state index in [1.807, 2.05) is 23.7 Å². The first kappa shape index (κ1) is 15.4. The second kappa shape index (κ2) is 6.16. The number of nitrogens with zero attached hydrogens (tertiary/aromatic N) is 3. The summed E-state index contributed by atoms with van der Waals surface area (Å²) in [6.45, 7) is 10.8. The number of aryl methyl sites for hydroxylation is 1. The van der Waals surface area contributed by atoms with Gasteiger partial charge in [-0.2, -0.15) is 5.10 Å². The molecule has 114 valence electrons. The molecule has 0 fully saturated rings. The predicted molar refractivity (Wildman–Crippen MR) is 84.4 cm³/mol. The van der Waals surface area contributed by atoms with Crippen molar-refractivity contribution in [2.24, 2.45) is 0 Å². The highest BCUT2D eigenvalue weighted by Gasteiger charge is 2.13. The maximum Gasteiger partial charge on any atom is 0.165 e. The summed E-state index contributed by atoms with van der Waals surface area (Å²) < 4.78 is 7.86. The van der Waals surface area contributed by atoms with Gasteiger partial charge in [0.15, 0.2) is 5.82 Å². The molecule has 0 atom stereocenters. The Morgan fingerprint density at radius 1 is 1.24 bits per heavy atom. The maximum absolute atomic E-state index is 6.00. The topological polar surface area (TPSA) is 66.0 Å². The number of anilines is 1. The number of benzene rings is 1. The molecule has 2 rings (SSSR count). The van der Waals surface area contributed by atoms with Crippen LogP contribution in [-0.4, -0.2) is 14.8 Å². The van der Waals surface area contributed by atoms with E-state index in [9.17, 15) is 0 Å². The van der Waals surface area contributed by atoms with Gasteiger partial charge < -0.3 is 10.5 Å². The van der Waals surface area contributed by atoms with Gasteiger partial charge in [-0.1, -0.05) is 13.8 Å². The van der Waals surface area contributed by atoms with Crippen molar-refractivity contribution in [1.29, 1.82) is 0 Å². The molecule has 2 N–H and O–H groups in total. The molecule has 0 aliphatic rings. The summed E-state index contributed by atoms with van der Waals surface area (Å²) in [6.07, 6.45) is 1.57. The first-order chi connectivity index (χ1) is 9.90. The SMILES string of the molecule is Cc1cc(OCc2ncnn2C(C)C)c(C(C)C)cc1N. The monoisotopic (exact) mass is 288 g/mol. The lowest BCUT2D eigenvalue weighted by molar-refractivity contribution is 0.278. The van der Waals surface area contributed by atoms with Crippen molar-refractivity contribution in [3.8, 4) is 5.75 Å². The third kappa shape index (κ3) is 3.35. The maximum atomic E-state index is 6.00. The Balaban J connectivity index is 2.23. The fraction of sp³-hybridized carbons (Fsp3) is 0.500. The van der Waals surface area contributed by atoms with Crippen LogP contribution in [0.2, 0.25) is 0 Å². The van der Waals surface area contributed by atoms with E-state index in [-0.39, 0.29) is 6.04 Å². The first-order valence-corrected chi connectivity index (χ1v) is 7.31. The number of ether oxygens (including phenoxy) is 1. The Hall–Kier alpha value is -2.04. The van der Waals surface area contributed by atoms with Gasteiger partial charge in [0.1, 0.15) is 18.7 Å². The Labute approximate surface area is 126 Å². The predicted octanol–water partition coefficient (Wildman–Crippen LogP) is 3.45. The molecule has 1 heterocycles. The minimum Gasteiger partial charge on any atom is -0.485 e. The van der Waals surface area contributed by atoms with Gasteiger partial charge in [-0.15, -0.1) is 0 Å². The zero-order valence-corrected chi connectivity index (χ0v) is 13.4. The number of nitrogen functional groups attached to an aromatic ring is 1. The molecular formula is C16H24N4O. The minimum atomic E-state index is 0.267. The number of rotatable bonds is 5. The van der Waals surface area contributed by atoms with Crippen LogP contribution in [0.5, 0.6) is 5.75 Å². The number of aromatic nitrogens is 3. The van der Waals surface area contributed by atoms with Crippen molar-refractivity contribution in [2.45, 2.75) is 53.2 Å². The van der Waals surface area contributed by atoms with Gasteiger partial charge in [0, 0.05) is 11.7 Å². The molecule has 1 aromatic carbocycles. The Kier molecular flexibility index (Phi) is 4.50. The summed E-state index contributed by atoms with van der Waals surface area (Å²) in [7, 11) is 0. The van der Waals surface area contributed by atoms with E-state index in [1.54, 1.807) is 6.33 Å². The fourth-order valence-corrected chi connectivity index (χ4v) is 2.24. The van der Waals surface area contributed by atoms with Crippen molar-refractivity contribution < 1.29 is 4.74 Å². The summed E-state index contributed by atoms with van der Waals surface area (Å²) in [6, 6.07) is 4.27. The second-order valence-electron chi connectivity index (χ2n) is 5.90. The fourth-order valence-electron chi connectivity index (χ4n) is 2.24. The van der Waals surface area contributed by atoms with E-state index in [0.29, 0.717) is 12.5 Å². The van der Waals surface area contributed by atoms with Crippen LogP contribution in [0, 0.1) is 6.92 Å². The first-order valence-electron chi connectivity index (χ1n) is 7.31. The van der Waals surface area contributed by atoms with Crippen molar-refractivity contribution in [1.82, 2.24) is 14.8 Å². The average molecular weight is 288 g/mol. The van der Waals surface area contributed by atoms with Crippen LogP contribution in [0.3, 0.4) is 0 Å². The molecule has 0 bridgehead atoms. The normalized spacial score (nSPS) is 11.4. The van der Waals surface area contributed by atoms with Crippen LogP contribution in [-0.2, 0) is 6.61 Å². The van der Waals surface area contributed by atoms with E-state index in [4.69, 9.17) is 10.5 Å². The molecular weight excluding hydrogens is 264 g/mol. The Morgan fingerprint density at radius 3 is 2.57 bits per heavy atom. The van der Waals surface area contributed by atoms with Crippen LogP contribution in [0.25, 0.3) is 0 Å². The molecule has 1 aromatic heterocycles. The van der Waals surface area contributed by atoms with Gasteiger partial charge >= 0.3 is 0 Å². The molecule has 0 spiro atoms. The molecule has 0 aliphatic heterocycles. The van der Waals surface area contributed by atoms with Crippen LogP contribution in [0.15, 0.2) is 18.5 Å². The number of hydrogen-bond donors (Lipinski definition) is 1. The largest absolute Gasteiger partial charge is 0.485 e. The van der Waals surface area contributed by atoms with E-state index in [1.165, 1.54) is 0 Å². The molecule has 0 amide bonds. The van der Waals surface area contributed by atoms with Crippen LogP contribution in [0.4, 0.5) is 5.69 Å². The smallest absolute Gasteiger partial charge is 0.165 e. The van der Waals surface area contributed by atoms with Gasteiger partial charge in [0.25, 0.3) is 0 Å². The highest BCUT2D eigenvalue weighted by atomic mass is 16.5. The minimum absolute atomic E-state index is 0.267. The van der Waals surface area contributed by atoms with Crippen molar-refractivity contribution >= 4 is 5.69 Å². The highest BCUT2D eigenvalue weighted by molar-refractivity contribution is 5.55. The Bertz CT molecular complexity index is 617. The van der Waals surface area contributed by atoms with Crippen molar-refractivity contribution in [3.63, 3.8) is 0 Å². The van der Waals surface area contributed by atoms with Crippen LogP contribution < -0.4 is 10.5 Å². The van der Waals surface area contributed by atoms with Gasteiger partial charge in [0.05, 0.1) is 0 Å². The quantitative estimate of drug-likeness (QED) is 0.856. The molecule has 0 radical (unpaired) electrons. The highest BCUT2D eigenvalue weighted by Crippen LogP contribution is 2.31. The van der Waals surface area contributed by atoms with E-state index >= 15 is 0 Å². The lowest BCUT2D eigenvalue weighted by Gasteiger charge is -2.17. The Morgan fingerprint density at radius 2 is 1.95 bits per heavy atom. The molecule has 2 aromatic rings. The van der Waals surface area contributed by atoms with E-state index in [2.05, 4.69) is 37.8 Å². The molecule has 5 heteroatoms. The average Bonchev–Trinajstić information content (AvgIpc) is 2.88. The third-order valence-electron chi connectivity index (χ3n) is 3.51. The second-order valence-corrected chi connectivity index (χ2v) is 5.90. The molecule has 21 heavy (non-hydrogen) atoms. The van der Waals surface area contributed by atoms with Crippen LogP contribution in [0.1, 0.15) is 56.6 Å². The van der Waals surface area contributed by atoms with Gasteiger partial charge in [-0.3, -0.25) is 0 Å². The molecule has 0 aliphatic carbocycles. The van der Waals surface area contributed by atoms with Crippen molar-refractivity contribution in [3.05, 3.63) is 35.4 Å². The van der Waals surface area contributed by atoms with Crippen molar-refractivity contribution in [2.75, 3.05) is 5.73 Å².